The monoisotopic (exact) mass is 780 g/mol. The molecular formula is C41H60N6O9. The predicted octanol–water partition coefficient (Wildman–Crippen LogP) is 3.43. The van der Waals surface area contributed by atoms with Gasteiger partial charge in [-0.05, 0) is 82.9 Å². The summed E-state index contributed by atoms with van der Waals surface area (Å²) >= 11 is 0. The fourth-order valence-electron chi connectivity index (χ4n) is 6.32. The first-order chi connectivity index (χ1) is 26.5. The van der Waals surface area contributed by atoms with Gasteiger partial charge in [-0.1, -0.05) is 74.5 Å². The lowest BCUT2D eigenvalue weighted by atomic mass is 9.82. The third-order valence-electron chi connectivity index (χ3n) is 9.16. The van der Waals surface area contributed by atoms with Crippen LogP contribution in [-0.4, -0.2) is 91.3 Å². The molecule has 0 radical (unpaired) electrons. The number of nitrogens with one attached hydrogen (secondary N) is 5. The van der Waals surface area contributed by atoms with E-state index in [-0.39, 0.29) is 63.5 Å². The van der Waals surface area contributed by atoms with E-state index in [9.17, 15) is 28.8 Å². The van der Waals surface area contributed by atoms with Gasteiger partial charge in [0, 0.05) is 13.0 Å². The van der Waals surface area contributed by atoms with Crippen LogP contribution in [-0.2, 0) is 46.4 Å². The minimum absolute atomic E-state index is 0.0383. The molecule has 0 bridgehead atoms. The van der Waals surface area contributed by atoms with E-state index in [0.29, 0.717) is 12.8 Å². The zero-order chi connectivity index (χ0) is 41.3. The van der Waals surface area contributed by atoms with E-state index < -0.39 is 65.3 Å². The van der Waals surface area contributed by atoms with Gasteiger partial charge in [-0.15, -0.1) is 0 Å². The maximum absolute atomic E-state index is 14.1. The number of carbonyl (C=O) groups is 6. The van der Waals surface area contributed by atoms with Crippen LogP contribution in [0.3, 0.4) is 0 Å². The molecule has 1 heterocycles. The smallest absolute Gasteiger partial charge is 0.408 e. The van der Waals surface area contributed by atoms with Crippen molar-refractivity contribution in [2.75, 3.05) is 20.2 Å². The maximum Gasteiger partial charge on any atom is 0.408 e. The Balaban J connectivity index is 1.75. The number of hydrogen-bond donors (Lipinski definition) is 6. The zero-order valence-corrected chi connectivity index (χ0v) is 33.5. The lowest BCUT2D eigenvalue weighted by Gasteiger charge is -2.37. The molecule has 308 valence electrons. The molecule has 0 spiro atoms. The average Bonchev–Trinajstić information content (AvgIpc) is 3.15. The quantitative estimate of drug-likeness (QED) is 0.0690. The fraction of sp³-hybridized carbons (Fsp3) is 0.561. The number of esters is 1. The Morgan fingerprint density at radius 2 is 1.45 bits per heavy atom. The van der Waals surface area contributed by atoms with Crippen molar-refractivity contribution in [1.29, 1.82) is 0 Å². The van der Waals surface area contributed by atoms with Gasteiger partial charge in [0.15, 0.2) is 5.78 Å². The SMILES string of the molecule is COC(=O)C1(N)CCNC(C(=O)[C@@H](CCCCNC(=O)OCc2ccccc2)NC(=O)[C@@H](CC(C)C)NC(=O)[C@@H](Cc2ccccc2)NC(=O)OC(C)(C)C)C1. The number of ether oxygens (including phenoxy) is 3. The first-order valence-corrected chi connectivity index (χ1v) is 19.2. The van der Waals surface area contributed by atoms with Crippen LogP contribution in [0, 0.1) is 5.92 Å². The first kappa shape index (κ1) is 45.4. The molecule has 15 heteroatoms. The Morgan fingerprint density at radius 1 is 0.839 bits per heavy atom. The molecule has 0 aliphatic carbocycles. The van der Waals surface area contributed by atoms with Gasteiger partial charge in [0.05, 0.1) is 19.2 Å². The second-order valence-corrected chi connectivity index (χ2v) is 15.6. The fourth-order valence-corrected chi connectivity index (χ4v) is 6.32. The van der Waals surface area contributed by atoms with Crippen LogP contribution < -0.4 is 32.3 Å². The van der Waals surface area contributed by atoms with Crippen LogP contribution in [0.5, 0.6) is 0 Å². The highest BCUT2D eigenvalue weighted by Crippen LogP contribution is 2.23. The van der Waals surface area contributed by atoms with Crippen molar-refractivity contribution in [3.63, 3.8) is 0 Å². The Bertz CT molecular complexity index is 1600. The summed E-state index contributed by atoms with van der Waals surface area (Å²) in [4.78, 5) is 79.7. The van der Waals surface area contributed by atoms with Crippen molar-refractivity contribution < 1.29 is 43.0 Å². The summed E-state index contributed by atoms with van der Waals surface area (Å²) in [5, 5.41) is 14.2. The highest BCUT2D eigenvalue weighted by atomic mass is 16.6. The van der Waals surface area contributed by atoms with Gasteiger partial charge in [-0.3, -0.25) is 19.2 Å². The minimum Gasteiger partial charge on any atom is -0.468 e. The number of rotatable bonds is 19. The van der Waals surface area contributed by atoms with Crippen molar-refractivity contribution in [2.45, 2.75) is 121 Å². The third kappa shape index (κ3) is 15.6. The van der Waals surface area contributed by atoms with E-state index in [0.717, 1.165) is 11.1 Å². The summed E-state index contributed by atoms with van der Waals surface area (Å²) in [6, 6.07) is 14.3. The molecule has 5 atom stereocenters. The first-order valence-electron chi connectivity index (χ1n) is 19.2. The number of alkyl carbamates (subject to hydrolysis) is 2. The van der Waals surface area contributed by atoms with Gasteiger partial charge >= 0.3 is 18.2 Å². The maximum atomic E-state index is 14.1. The van der Waals surface area contributed by atoms with E-state index >= 15 is 0 Å². The minimum atomic E-state index is -1.39. The van der Waals surface area contributed by atoms with E-state index in [1.165, 1.54) is 7.11 Å². The highest BCUT2D eigenvalue weighted by molar-refractivity contribution is 5.96. The molecule has 1 aliphatic rings. The zero-order valence-electron chi connectivity index (χ0n) is 33.5. The van der Waals surface area contributed by atoms with Gasteiger partial charge < -0.3 is 46.5 Å². The molecule has 2 aromatic carbocycles. The number of amides is 4. The van der Waals surface area contributed by atoms with E-state index in [1.807, 2.05) is 74.5 Å². The number of carbonyl (C=O) groups excluding carboxylic acids is 6. The lowest BCUT2D eigenvalue weighted by Crippen LogP contribution is -2.63. The second-order valence-electron chi connectivity index (χ2n) is 15.6. The summed E-state index contributed by atoms with van der Waals surface area (Å²) in [5.41, 5.74) is 5.82. The molecule has 1 saturated heterocycles. The Hall–Kier alpha value is -5.02. The van der Waals surface area contributed by atoms with Gasteiger partial charge in [-0.25, -0.2) is 9.59 Å². The predicted molar refractivity (Wildman–Crippen MR) is 210 cm³/mol. The van der Waals surface area contributed by atoms with Gasteiger partial charge in [0.2, 0.25) is 11.8 Å². The number of unbranched alkanes of at least 4 members (excludes halogenated alkanes) is 1. The molecule has 1 fully saturated rings. The lowest BCUT2D eigenvalue weighted by molar-refractivity contribution is -0.149. The number of nitrogens with two attached hydrogens (primary N) is 1. The molecule has 0 saturated carbocycles. The number of hydrogen-bond acceptors (Lipinski definition) is 11. The van der Waals surface area contributed by atoms with Crippen molar-refractivity contribution >= 4 is 35.8 Å². The average molecular weight is 781 g/mol. The molecule has 2 aromatic rings. The number of piperidine rings is 1. The largest absolute Gasteiger partial charge is 0.468 e. The van der Waals surface area contributed by atoms with E-state index in [4.69, 9.17) is 19.9 Å². The molecule has 15 nitrogen and oxygen atoms in total. The van der Waals surface area contributed by atoms with Crippen LogP contribution in [0.25, 0.3) is 0 Å². The Morgan fingerprint density at radius 3 is 2.05 bits per heavy atom. The van der Waals surface area contributed by atoms with Crippen molar-refractivity contribution in [2.24, 2.45) is 11.7 Å². The molecule has 7 N–H and O–H groups in total. The van der Waals surface area contributed by atoms with Crippen molar-refractivity contribution in [1.82, 2.24) is 26.6 Å². The summed E-state index contributed by atoms with van der Waals surface area (Å²) < 4.78 is 15.6. The van der Waals surface area contributed by atoms with Gasteiger partial charge in [-0.2, -0.15) is 0 Å². The molecule has 3 rings (SSSR count). The van der Waals surface area contributed by atoms with Crippen LogP contribution in [0.1, 0.15) is 84.3 Å². The Kier molecular flexibility index (Phi) is 17.7. The highest BCUT2D eigenvalue weighted by Gasteiger charge is 2.44. The van der Waals surface area contributed by atoms with Crippen molar-refractivity contribution in [3.05, 3.63) is 71.8 Å². The van der Waals surface area contributed by atoms with Crippen LogP contribution in [0.4, 0.5) is 9.59 Å². The summed E-state index contributed by atoms with van der Waals surface area (Å²) in [6.45, 7) is 9.58. The van der Waals surface area contributed by atoms with Crippen molar-refractivity contribution in [3.8, 4) is 0 Å². The summed E-state index contributed by atoms with van der Waals surface area (Å²) in [7, 11) is 1.24. The topological polar surface area (TPSA) is 216 Å². The molecule has 4 amide bonds. The number of methoxy groups -OCH3 is 1. The molecule has 2 unspecified atom stereocenters. The Labute approximate surface area is 329 Å². The van der Waals surface area contributed by atoms with Gasteiger partial charge in [0.1, 0.15) is 29.8 Å². The van der Waals surface area contributed by atoms with Crippen LogP contribution in [0.2, 0.25) is 0 Å². The molecule has 1 aliphatic heterocycles. The van der Waals surface area contributed by atoms with Gasteiger partial charge in [0.25, 0.3) is 0 Å². The van der Waals surface area contributed by atoms with E-state index in [1.54, 1.807) is 20.8 Å². The third-order valence-corrected chi connectivity index (χ3v) is 9.16. The number of Topliss-reactive ketones (excluding diaryl/α,β-unsaturated/α-hetero) is 1. The second kappa shape index (κ2) is 21.9. The standard InChI is InChI=1S/C41H60N6O9/c1-27(2)23-31(46-36(50)32(24-28-15-9-7-10-16-28)47-39(53)56-40(3,4)5)35(49)45-30(34(48)33-25-41(42,20-22-43-33)37(51)54-6)19-13-14-21-44-38(52)55-26-29-17-11-8-12-18-29/h7-12,15-18,27,30-33,43H,13-14,19-26,42H2,1-6H3,(H,44,52)(H,45,49)(H,46,50)(H,47,53)/t30-,31-,32-,33?,41?/m1/s1. The number of benzene rings is 2. The van der Waals surface area contributed by atoms with Crippen LogP contribution >= 0.6 is 0 Å². The van der Waals surface area contributed by atoms with Crippen LogP contribution in [0.15, 0.2) is 60.7 Å². The normalized spacial score (nSPS) is 18.4. The molecule has 0 aromatic heterocycles. The summed E-state index contributed by atoms with van der Waals surface area (Å²) in [5.74, 6) is -2.25. The van der Waals surface area contributed by atoms with E-state index in [2.05, 4.69) is 26.6 Å². The molecular weight excluding hydrogens is 720 g/mol. The molecule has 56 heavy (non-hydrogen) atoms. The number of ketones is 1. The summed E-state index contributed by atoms with van der Waals surface area (Å²) in [6.07, 6.45) is 0.295.